The first kappa shape index (κ1) is 26.7. The van der Waals surface area contributed by atoms with Crippen molar-refractivity contribution in [1.82, 2.24) is 19.8 Å². The lowest BCUT2D eigenvalue weighted by Crippen LogP contribution is -2.45. The van der Waals surface area contributed by atoms with Crippen LogP contribution in [0, 0.1) is 0 Å². The number of hydrogen-bond donors (Lipinski definition) is 2. The molecule has 206 valence electrons. The van der Waals surface area contributed by atoms with Crippen LogP contribution in [0.2, 0.25) is 0 Å². The van der Waals surface area contributed by atoms with Crippen molar-refractivity contribution < 1.29 is 19.7 Å². The second kappa shape index (κ2) is 12.3. The van der Waals surface area contributed by atoms with Crippen LogP contribution in [0.3, 0.4) is 0 Å². The fraction of sp³-hybridized carbons (Fsp3) is 0.414. The Hall–Kier alpha value is -3.89. The van der Waals surface area contributed by atoms with Crippen molar-refractivity contribution in [2.45, 2.75) is 13.0 Å². The number of allylic oxidation sites excluding steroid dienone is 1. The standard InChI is InChI=1S/C29H36N6O4/c1-32(14-17-37)15-18-39-29-30-26-21-35(27-20-23(38)19-22-5-2-3-6-24(22)27)9-7-25(26)28(31-29)34-12-10-33(11-13-34)8-4-16-36/h2-6,8,16,19-20,37-38H,7,9-15,17-18,21H2,1H3. The van der Waals surface area contributed by atoms with Crippen LogP contribution in [-0.4, -0.2) is 102 Å². The molecule has 5 rings (SSSR count). The van der Waals surface area contributed by atoms with Crippen LogP contribution >= 0.6 is 0 Å². The molecule has 0 amide bonds. The van der Waals surface area contributed by atoms with E-state index in [4.69, 9.17) is 14.7 Å². The summed E-state index contributed by atoms with van der Waals surface area (Å²) in [5.41, 5.74) is 3.05. The highest BCUT2D eigenvalue weighted by molar-refractivity contribution is 5.95. The Bertz CT molecular complexity index is 1320. The van der Waals surface area contributed by atoms with Gasteiger partial charge >= 0.3 is 6.01 Å². The molecule has 0 bridgehead atoms. The number of phenols is 1. The van der Waals surface area contributed by atoms with Crippen LogP contribution < -0.4 is 14.5 Å². The van der Waals surface area contributed by atoms with Crippen molar-refractivity contribution in [3.63, 3.8) is 0 Å². The second-order valence-electron chi connectivity index (χ2n) is 9.99. The van der Waals surface area contributed by atoms with Crippen LogP contribution in [0.1, 0.15) is 11.3 Å². The summed E-state index contributed by atoms with van der Waals surface area (Å²) in [6, 6.07) is 12.1. The van der Waals surface area contributed by atoms with Gasteiger partial charge in [0.15, 0.2) is 0 Å². The highest BCUT2D eigenvalue weighted by atomic mass is 16.5. The number of aliphatic hydroxyl groups is 1. The fourth-order valence-corrected chi connectivity index (χ4v) is 5.27. The zero-order chi connectivity index (χ0) is 27.2. The number of aliphatic hydroxyl groups excluding tert-OH is 1. The van der Waals surface area contributed by atoms with Gasteiger partial charge in [-0.05, 0) is 31.0 Å². The number of carbonyl (C=O) groups is 1. The lowest BCUT2D eigenvalue weighted by Gasteiger charge is -2.38. The van der Waals surface area contributed by atoms with E-state index in [0.29, 0.717) is 32.3 Å². The molecule has 1 saturated heterocycles. The summed E-state index contributed by atoms with van der Waals surface area (Å²) in [6.07, 6.45) is 4.95. The van der Waals surface area contributed by atoms with Gasteiger partial charge in [-0.2, -0.15) is 9.97 Å². The highest BCUT2D eigenvalue weighted by Gasteiger charge is 2.28. The van der Waals surface area contributed by atoms with Crippen LogP contribution in [0.4, 0.5) is 11.5 Å². The van der Waals surface area contributed by atoms with Crippen molar-refractivity contribution in [2.24, 2.45) is 0 Å². The monoisotopic (exact) mass is 532 g/mol. The molecule has 1 fully saturated rings. The molecule has 2 aliphatic rings. The van der Waals surface area contributed by atoms with E-state index in [1.807, 2.05) is 42.4 Å². The maximum atomic E-state index is 10.7. The van der Waals surface area contributed by atoms with Crippen molar-refractivity contribution in [3.05, 3.63) is 59.9 Å². The van der Waals surface area contributed by atoms with E-state index >= 15 is 0 Å². The van der Waals surface area contributed by atoms with E-state index in [9.17, 15) is 15.0 Å². The van der Waals surface area contributed by atoms with E-state index in [2.05, 4.69) is 20.8 Å². The quantitative estimate of drug-likeness (QED) is 0.298. The molecule has 10 nitrogen and oxygen atoms in total. The number of phenolic OH excluding ortho intramolecular Hbond substituents is 1. The summed E-state index contributed by atoms with van der Waals surface area (Å²) in [6.45, 7) is 6.28. The summed E-state index contributed by atoms with van der Waals surface area (Å²) in [5, 5.41) is 21.7. The number of aldehydes is 1. The molecule has 0 spiro atoms. The van der Waals surface area contributed by atoms with Crippen molar-refractivity contribution >= 4 is 28.6 Å². The first-order valence-electron chi connectivity index (χ1n) is 13.5. The van der Waals surface area contributed by atoms with Crippen LogP contribution in [-0.2, 0) is 17.8 Å². The lowest BCUT2D eigenvalue weighted by atomic mass is 10.0. The molecule has 3 heterocycles. The van der Waals surface area contributed by atoms with Gasteiger partial charge in [-0.25, -0.2) is 0 Å². The Morgan fingerprint density at radius 1 is 1.05 bits per heavy atom. The third-order valence-corrected chi connectivity index (χ3v) is 7.36. The average molecular weight is 533 g/mol. The van der Waals surface area contributed by atoms with Crippen molar-refractivity contribution in [3.8, 4) is 11.8 Å². The number of rotatable bonds is 10. The largest absolute Gasteiger partial charge is 0.508 e. The van der Waals surface area contributed by atoms with Gasteiger partial charge in [0.25, 0.3) is 0 Å². The Morgan fingerprint density at radius 2 is 1.87 bits per heavy atom. The Morgan fingerprint density at radius 3 is 2.67 bits per heavy atom. The molecular formula is C29H36N6O4. The molecule has 1 aromatic heterocycles. The molecule has 10 heteroatoms. The van der Waals surface area contributed by atoms with Gasteiger partial charge in [-0.15, -0.1) is 0 Å². The summed E-state index contributed by atoms with van der Waals surface area (Å²) >= 11 is 0. The zero-order valence-electron chi connectivity index (χ0n) is 22.4. The Labute approximate surface area is 228 Å². The molecule has 0 unspecified atom stereocenters. The van der Waals surface area contributed by atoms with Crippen molar-refractivity contribution in [2.75, 3.05) is 75.9 Å². The molecule has 2 aliphatic heterocycles. The zero-order valence-corrected chi connectivity index (χ0v) is 22.4. The van der Waals surface area contributed by atoms with Gasteiger partial charge in [0.1, 0.15) is 24.5 Å². The van der Waals surface area contributed by atoms with Gasteiger partial charge in [0, 0.05) is 74.7 Å². The van der Waals surface area contributed by atoms with E-state index in [1.54, 1.807) is 6.07 Å². The number of benzene rings is 2. The smallest absolute Gasteiger partial charge is 0.318 e. The number of hydrogen-bond acceptors (Lipinski definition) is 10. The number of anilines is 2. The number of piperazine rings is 1. The third-order valence-electron chi connectivity index (χ3n) is 7.36. The number of carbonyl (C=O) groups excluding carboxylic acids is 1. The number of nitrogens with zero attached hydrogens (tertiary/aromatic N) is 6. The van der Waals surface area contributed by atoms with E-state index in [1.165, 1.54) is 6.08 Å². The molecular weight excluding hydrogens is 496 g/mol. The SMILES string of the molecule is CN(CCO)CCOc1nc2c(c(N3CCN(C=CC=O)CC3)n1)CCN(c1cc(O)cc3ccccc13)C2. The number of ether oxygens (including phenoxy) is 1. The maximum absolute atomic E-state index is 10.7. The van der Waals surface area contributed by atoms with Gasteiger partial charge in [0.05, 0.1) is 18.8 Å². The Balaban J connectivity index is 1.42. The van der Waals surface area contributed by atoms with E-state index in [-0.39, 0.29) is 12.4 Å². The number of likely N-dealkylation sites (N-methyl/N-ethyl adjacent to an activating group) is 1. The van der Waals surface area contributed by atoms with Gasteiger partial charge in [-0.1, -0.05) is 24.3 Å². The topological polar surface area (TPSA) is 106 Å². The van der Waals surface area contributed by atoms with E-state index < -0.39 is 0 Å². The van der Waals surface area contributed by atoms with Gasteiger partial charge in [0.2, 0.25) is 0 Å². The number of aromatic hydroxyl groups is 1. The first-order valence-corrected chi connectivity index (χ1v) is 13.5. The minimum atomic E-state index is 0.101. The number of aromatic nitrogens is 2. The molecule has 0 aliphatic carbocycles. The molecule has 0 atom stereocenters. The minimum absolute atomic E-state index is 0.101. The molecule has 2 aromatic carbocycles. The van der Waals surface area contributed by atoms with E-state index in [0.717, 1.165) is 79.0 Å². The van der Waals surface area contributed by atoms with Crippen LogP contribution in [0.25, 0.3) is 10.8 Å². The van der Waals surface area contributed by atoms with Crippen LogP contribution in [0.15, 0.2) is 48.7 Å². The summed E-state index contributed by atoms with van der Waals surface area (Å²) in [7, 11) is 1.94. The predicted molar refractivity (Wildman–Crippen MR) is 151 cm³/mol. The summed E-state index contributed by atoms with van der Waals surface area (Å²) < 4.78 is 6.03. The van der Waals surface area contributed by atoms with Crippen molar-refractivity contribution in [1.29, 1.82) is 0 Å². The number of fused-ring (bicyclic) bond motifs is 2. The predicted octanol–water partition coefficient (Wildman–Crippen LogP) is 2.04. The molecule has 3 aromatic rings. The molecule has 0 radical (unpaired) electrons. The summed E-state index contributed by atoms with van der Waals surface area (Å²) in [5.74, 6) is 1.16. The molecule has 39 heavy (non-hydrogen) atoms. The normalized spacial score (nSPS) is 15.8. The van der Waals surface area contributed by atoms with Gasteiger partial charge in [-0.3, -0.25) is 4.79 Å². The van der Waals surface area contributed by atoms with Gasteiger partial charge < -0.3 is 34.5 Å². The second-order valence-corrected chi connectivity index (χ2v) is 9.99. The lowest BCUT2D eigenvalue weighted by molar-refractivity contribution is -0.104. The maximum Gasteiger partial charge on any atom is 0.318 e. The molecule has 2 N–H and O–H groups in total. The molecule has 0 saturated carbocycles. The first-order chi connectivity index (χ1) is 19.1. The summed E-state index contributed by atoms with van der Waals surface area (Å²) in [4.78, 5) is 29.2. The highest BCUT2D eigenvalue weighted by Crippen LogP contribution is 2.36. The Kier molecular flexibility index (Phi) is 8.43. The van der Waals surface area contributed by atoms with Crippen LogP contribution in [0.5, 0.6) is 11.8 Å². The minimum Gasteiger partial charge on any atom is -0.508 e. The third kappa shape index (κ3) is 6.23. The average Bonchev–Trinajstić information content (AvgIpc) is 2.95. The fourth-order valence-electron chi connectivity index (χ4n) is 5.27.